The number of aromatic hydroxyl groups is 1. The van der Waals surface area contributed by atoms with E-state index in [9.17, 15) is 9.90 Å². The summed E-state index contributed by atoms with van der Waals surface area (Å²) in [5, 5.41) is 9.52. The van der Waals surface area contributed by atoms with E-state index in [1.807, 2.05) is 19.9 Å². The van der Waals surface area contributed by atoms with Gasteiger partial charge >= 0.3 is 0 Å². The fourth-order valence-electron chi connectivity index (χ4n) is 2.44. The summed E-state index contributed by atoms with van der Waals surface area (Å²) in [6, 6.07) is 4.94. The summed E-state index contributed by atoms with van der Waals surface area (Å²) < 4.78 is 0. The molecule has 0 fully saturated rings. The summed E-state index contributed by atoms with van der Waals surface area (Å²) in [5.74, 6) is 0.459. The summed E-state index contributed by atoms with van der Waals surface area (Å²) in [6.07, 6.45) is 1.73. The minimum absolute atomic E-state index is 0.0170. The number of nitrogens with two attached hydrogens (primary N) is 1. The van der Waals surface area contributed by atoms with Crippen molar-refractivity contribution >= 4 is 5.91 Å². The molecule has 0 saturated heterocycles. The fraction of sp³-hybridized carbons (Fsp3) is 0.533. The second-order valence-electron chi connectivity index (χ2n) is 5.37. The molecule has 1 aromatic rings. The molecule has 1 amide bonds. The standard InChI is InChI=1S/C15H22N2O2/c1-3-10(2)14(16)15(19)17-7-6-11-4-5-13(18)8-12(11)9-17/h4-5,8,10,14,18H,3,6-7,9,16H2,1-2H3. The maximum absolute atomic E-state index is 12.3. The molecule has 0 saturated carbocycles. The first-order chi connectivity index (χ1) is 9.02. The molecular weight excluding hydrogens is 240 g/mol. The molecule has 0 bridgehead atoms. The van der Waals surface area contributed by atoms with E-state index >= 15 is 0 Å². The van der Waals surface area contributed by atoms with Crippen LogP contribution in [0.15, 0.2) is 18.2 Å². The van der Waals surface area contributed by atoms with Crippen LogP contribution in [0.5, 0.6) is 5.75 Å². The molecule has 0 aromatic heterocycles. The van der Waals surface area contributed by atoms with E-state index in [-0.39, 0.29) is 17.6 Å². The molecule has 1 heterocycles. The van der Waals surface area contributed by atoms with Crippen LogP contribution in [0.2, 0.25) is 0 Å². The molecule has 4 heteroatoms. The number of hydrogen-bond donors (Lipinski definition) is 2. The summed E-state index contributed by atoms with van der Waals surface area (Å²) in [6.45, 7) is 5.31. The number of fused-ring (bicyclic) bond motifs is 1. The Bertz CT molecular complexity index is 473. The third kappa shape index (κ3) is 2.89. The molecule has 0 spiro atoms. The quantitative estimate of drug-likeness (QED) is 0.870. The Balaban J connectivity index is 2.11. The smallest absolute Gasteiger partial charge is 0.240 e. The fourth-order valence-corrected chi connectivity index (χ4v) is 2.44. The van der Waals surface area contributed by atoms with Crippen LogP contribution in [0, 0.1) is 5.92 Å². The van der Waals surface area contributed by atoms with Gasteiger partial charge < -0.3 is 15.7 Å². The lowest BCUT2D eigenvalue weighted by Crippen LogP contribution is -2.48. The first kappa shape index (κ1) is 13.9. The number of phenols is 1. The Morgan fingerprint density at radius 3 is 2.89 bits per heavy atom. The van der Waals surface area contributed by atoms with Crippen LogP contribution >= 0.6 is 0 Å². The van der Waals surface area contributed by atoms with E-state index in [2.05, 4.69) is 0 Å². The minimum Gasteiger partial charge on any atom is -0.508 e. The molecule has 0 radical (unpaired) electrons. The van der Waals surface area contributed by atoms with Crippen molar-refractivity contribution in [2.24, 2.45) is 11.7 Å². The summed E-state index contributed by atoms with van der Waals surface area (Å²) in [5.41, 5.74) is 8.24. The Hall–Kier alpha value is -1.55. The second kappa shape index (κ2) is 5.61. The predicted molar refractivity (Wildman–Crippen MR) is 74.7 cm³/mol. The lowest BCUT2D eigenvalue weighted by Gasteiger charge is -2.32. The highest BCUT2D eigenvalue weighted by atomic mass is 16.3. The Morgan fingerprint density at radius 2 is 2.21 bits per heavy atom. The van der Waals surface area contributed by atoms with Gasteiger partial charge in [-0.1, -0.05) is 26.3 Å². The van der Waals surface area contributed by atoms with Gasteiger partial charge in [-0.2, -0.15) is 0 Å². The molecule has 3 N–H and O–H groups in total. The van der Waals surface area contributed by atoms with Crippen molar-refractivity contribution in [2.75, 3.05) is 6.54 Å². The van der Waals surface area contributed by atoms with Gasteiger partial charge in [0.1, 0.15) is 5.75 Å². The molecule has 1 aromatic carbocycles. The van der Waals surface area contributed by atoms with E-state index in [1.165, 1.54) is 5.56 Å². The van der Waals surface area contributed by atoms with Crippen LogP contribution in [0.25, 0.3) is 0 Å². The third-order valence-electron chi connectivity index (χ3n) is 4.06. The normalized spacial score (nSPS) is 17.7. The molecule has 0 aliphatic carbocycles. The number of nitrogens with zero attached hydrogens (tertiary/aromatic N) is 1. The molecule has 2 atom stereocenters. The van der Waals surface area contributed by atoms with Crippen molar-refractivity contribution in [3.63, 3.8) is 0 Å². The van der Waals surface area contributed by atoms with Crippen molar-refractivity contribution in [2.45, 2.75) is 39.3 Å². The lowest BCUT2D eigenvalue weighted by atomic mass is 9.95. The molecule has 2 unspecified atom stereocenters. The monoisotopic (exact) mass is 262 g/mol. The Labute approximate surface area is 114 Å². The largest absolute Gasteiger partial charge is 0.508 e. The number of rotatable bonds is 3. The van der Waals surface area contributed by atoms with Gasteiger partial charge in [0.15, 0.2) is 0 Å². The van der Waals surface area contributed by atoms with Crippen LogP contribution in [0.3, 0.4) is 0 Å². The van der Waals surface area contributed by atoms with Crippen LogP contribution in [0.1, 0.15) is 31.4 Å². The van der Waals surface area contributed by atoms with Gasteiger partial charge in [0.25, 0.3) is 0 Å². The van der Waals surface area contributed by atoms with E-state index < -0.39 is 6.04 Å². The van der Waals surface area contributed by atoms with Crippen molar-refractivity contribution in [1.29, 1.82) is 0 Å². The number of carbonyl (C=O) groups is 1. The van der Waals surface area contributed by atoms with Crippen LogP contribution in [-0.2, 0) is 17.8 Å². The van der Waals surface area contributed by atoms with Crippen molar-refractivity contribution in [3.8, 4) is 5.75 Å². The van der Waals surface area contributed by atoms with Gasteiger partial charge in [-0.05, 0) is 35.6 Å². The van der Waals surface area contributed by atoms with Gasteiger partial charge in [0, 0.05) is 13.1 Å². The Morgan fingerprint density at radius 1 is 1.47 bits per heavy atom. The lowest BCUT2D eigenvalue weighted by molar-refractivity contribution is -0.134. The summed E-state index contributed by atoms with van der Waals surface area (Å²) >= 11 is 0. The summed E-state index contributed by atoms with van der Waals surface area (Å²) in [7, 11) is 0. The first-order valence-corrected chi connectivity index (χ1v) is 6.88. The van der Waals surface area contributed by atoms with Gasteiger partial charge in [0.05, 0.1) is 6.04 Å². The first-order valence-electron chi connectivity index (χ1n) is 6.88. The molecule has 1 aliphatic rings. The average molecular weight is 262 g/mol. The Kier molecular flexibility index (Phi) is 4.10. The van der Waals surface area contributed by atoms with Gasteiger partial charge in [-0.15, -0.1) is 0 Å². The highest BCUT2D eigenvalue weighted by molar-refractivity contribution is 5.82. The zero-order valence-electron chi connectivity index (χ0n) is 11.6. The zero-order valence-corrected chi connectivity index (χ0v) is 11.6. The number of amides is 1. The van der Waals surface area contributed by atoms with E-state index in [0.29, 0.717) is 13.1 Å². The van der Waals surface area contributed by atoms with Gasteiger partial charge in [-0.25, -0.2) is 0 Å². The number of benzene rings is 1. The molecule has 104 valence electrons. The van der Waals surface area contributed by atoms with Crippen molar-refractivity contribution in [1.82, 2.24) is 4.90 Å². The molecule has 1 aliphatic heterocycles. The zero-order chi connectivity index (χ0) is 14.0. The highest BCUT2D eigenvalue weighted by Gasteiger charge is 2.27. The topological polar surface area (TPSA) is 66.6 Å². The van der Waals surface area contributed by atoms with E-state index in [0.717, 1.165) is 18.4 Å². The number of carbonyl (C=O) groups excluding carboxylic acids is 1. The molecular formula is C15H22N2O2. The number of hydrogen-bond acceptors (Lipinski definition) is 3. The van der Waals surface area contributed by atoms with E-state index in [1.54, 1.807) is 17.0 Å². The summed E-state index contributed by atoms with van der Waals surface area (Å²) in [4.78, 5) is 14.1. The third-order valence-corrected chi connectivity index (χ3v) is 4.06. The second-order valence-corrected chi connectivity index (χ2v) is 5.37. The molecule has 2 rings (SSSR count). The SMILES string of the molecule is CCC(C)C(N)C(=O)N1CCc2ccc(O)cc2C1. The van der Waals surface area contributed by atoms with Gasteiger partial charge in [0.2, 0.25) is 5.91 Å². The maximum Gasteiger partial charge on any atom is 0.240 e. The van der Waals surface area contributed by atoms with Crippen molar-refractivity contribution in [3.05, 3.63) is 29.3 Å². The van der Waals surface area contributed by atoms with Crippen LogP contribution in [-0.4, -0.2) is 28.5 Å². The minimum atomic E-state index is -0.427. The van der Waals surface area contributed by atoms with Crippen molar-refractivity contribution < 1.29 is 9.90 Å². The van der Waals surface area contributed by atoms with Crippen LogP contribution in [0.4, 0.5) is 0 Å². The molecule has 19 heavy (non-hydrogen) atoms. The molecule has 4 nitrogen and oxygen atoms in total. The maximum atomic E-state index is 12.3. The predicted octanol–water partition coefficient (Wildman–Crippen LogP) is 1.65. The number of phenolic OH excluding ortho intramolecular Hbond substituents is 1. The van der Waals surface area contributed by atoms with Gasteiger partial charge in [-0.3, -0.25) is 4.79 Å². The van der Waals surface area contributed by atoms with Crippen LogP contribution < -0.4 is 5.73 Å². The van der Waals surface area contributed by atoms with E-state index in [4.69, 9.17) is 5.73 Å². The average Bonchev–Trinajstić information content (AvgIpc) is 2.43. The highest BCUT2D eigenvalue weighted by Crippen LogP contribution is 2.24.